The Balaban J connectivity index is 2.14. The van der Waals surface area contributed by atoms with E-state index in [4.69, 9.17) is 9.95 Å². The van der Waals surface area contributed by atoms with Crippen LogP contribution in [0.1, 0.15) is 12.0 Å². The first-order valence-electron chi connectivity index (χ1n) is 7.53. The van der Waals surface area contributed by atoms with E-state index < -0.39 is 5.63 Å². The van der Waals surface area contributed by atoms with Gasteiger partial charge in [-0.3, -0.25) is 4.79 Å². The van der Waals surface area contributed by atoms with Crippen molar-refractivity contribution in [2.75, 3.05) is 32.1 Å². The van der Waals surface area contributed by atoms with E-state index in [-0.39, 0.29) is 12.3 Å². The highest BCUT2D eigenvalue weighted by Crippen LogP contribution is 2.23. The molecule has 0 fully saturated rings. The van der Waals surface area contributed by atoms with Crippen LogP contribution in [0.5, 0.6) is 0 Å². The number of carbonyl (C=O) groups excluding carboxylic acids is 1. The fourth-order valence-electron chi connectivity index (χ4n) is 2.30. The van der Waals surface area contributed by atoms with E-state index in [1.54, 1.807) is 6.07 Å². The molecule has 0 aliphatic heterocycles. The minimum absolute atomic E-state index is 0.0882. The molecule has 24 heavy (non-hydrogen) atoms. The standard InChI is InChI=1S/C16H19N5O3/c1-21(2)12-4-5-13-11(9-16(23)24-14(13)10-12)8-15(22)18-6-3-7-19-20-17/h4-5,9-10H,3,6-8H2,1-2H3,(H,18,22). The highest BCUT2D eigenvalue weighted by molar-refractivity contribution is 5.88. The quantitative estimate of drug-likeness (QED) is 0.276. The number of hydrogen-bond acceptors (Lipinski definition) is 5. The Labute approximate surface area is 138 Å². The van der Waals surface area contributed by atoms with Crippen molar-refractivity contribution in [3.05, 3.63) is 50.7 Å². The van der Waals surface area contributed by atoms with Crippen LogP contribution in [-0.4, -0.2) is 33.1 Å². The van der Waals surface area contributed by atoms with Gasteiger partial charge in [0.05, 0.1) is 6.42 Å². The summed E-state index contributed by atoms with van der Waals surface area (Å²) < 4.78 is 5.24. The summed E-state index contributed by atoms with van der Waals surface area (Å²) in [6.07, 6.45) is 0.657. The van der Waals surface area contributed by atoms with E-state index >= 15 is 0 Å². The lowest BCUT2D eigenvalue weighted by Gasteiger charge is -2.13. The molecule has 0 radical (unpaired) electrons. The second-order valence-electron chi connectivity index (χ2n) is 5.50. The highest BCUT2D eigenvalue weighted by Gasteiger charge is 2.11. The summed E-state index contributed by atoms with van der Waals surface area (Å²) in [6.45, 7) is 0.754. The average molecular weight is 329 g/mol. The third kappa shape index (κ3) is 4.50. The van der Waals surface area contributed by atoms with Crippen molar-refractivity contribution in [2.45, 2.75) is 12.8 Å². The van der Waals surface area contributed by atoms with Gasteiger partial charge in [-0.2, -0.15) is 0 Å². The van der Waals surface area contributed by atoms with Gasteiger partial charge in [0, 0.05) is 55.3 Å². The van der Waals surface area contributed by atoms with Gasteiger partial charge in [-0.15, -0.1) is 0 Å². The van der Waals surface area contributed by atoms with E-state index in [9.17, 15) is 9.59 Å². The predicted molar refractivity (Wildman–Crippen MR) is 92.2 cm³/mol. The Kier molecular flexibility index (Phi) is 5.81. The third-order valence-corrected chi connectivity index (χ3v) is 3.50. The monoisotopic (exact) mass is 329 g/mol. The normalized spacial score (nSPS) is 10.2. The molecule has 0 unspecified atom stereocenters. The van der Waals surface area contributed by atoms with Gasteiger partial charge in [-0.25, -0.2) is 4.79 Å². The zero-order valence-corrected chi connectivity index (χ0v) is 13.7. The Hall–Kier alpha value is -2.99. The van der Waals surface area contributed by atoms with E-state index in [2.05, 4.69) is 15.3 Å². The van der Waals surface area contributed by atoms with Crippen LogP contribution in [0.25, 0.3) is 21.4 Å². The van der Waals surface area contributed by atoms with Gasteiger partial charge in [-0.05, 0) is 29.6 Å². The van der Waals surface area contributed by atoms with Crippen LogP contribution in [-0.2, 0) is 11.2 Å². The zero-order valence-electron chi connectivity index (χ0n) is 13.7. The molecule has 1 amide bonds. The fourth-order valence-corrected chi connectivity index (χ4v) is 2.30. The molecule has 126 valence electrons. The molecule has 0 atom stereocenters. The molecule has 1 aromatic carbocycles. The fraction of sp³-hybridized carbons (Fsp3) is 0.375. The number of carbonyl (C=O) groups is 1. The van der Waals surface area contributed by atoms with Crippen molar-refractivity contribution in [3.8, 4) is 0 Å². The maximum absolute atomic E-state index is 12.0. The first-order valence-corrected chi connectivity index (χ1v) is 7.53. The van der Waals surface area contributed by atoms with Crippen molar-refractivity contribution in [2.24, 2.45) is 5.11 Å². The third-order valence-electron chi connectivity index (χ3n) is 3.50. The van der Waals surface area contributed by atoms with Gasteiger partial charge in [0.25, 0.3) is 0 Å². The van der Waals surface area contributed by atoms with E-state index in [1.807, 2.05) is 31.1 Å². The van der Waals surface area contributed by atoms with E-state index in [0.717, 1.165) is 11.1 Å². The number of azide groups is 1. The molecule has 2 rings (SSSR count). The molecule has 0 bridgehead atoms. The Morgan fingerprint density at radius 1 is 1.38 bits per heavy atom. The average Bonchev–Trinajstić information content (AvgIpc) is 2.53. The number of hydrogen-bond donors (Lipinski definition) is 1. The number of benzene rings is 1. The van der Waals surface area contributed by atoms with Gasteiger partial charge in [0.1, 0.15) is 5.58 Å². The van der Waals surface area contributed by atoms with E-state index in [0.29, 0.717) is 30.7 Å². The van der Waals surface area contributed by atoms with Crippen LogP contribution in [0.15, 0.2) is 38.6 Å². The molecule has 0 aliphatic rings. The van der Waals surface area contributed by atoms with Gasteiger partial charge in [-0.1, -0.05) is 5.11 Å². The van der Waals surface area contributed by atoms with Crippen molar-refractivity contribution in [1.29, 1.82) is 0 Å². The molecule has 2 aromatic rings. The lowest BCUT2D eigenvalue weighted by molar-refractivity contribution is -0.120. The molecule has 8 nitrogen and oxygen atoms in total. The Bertz CT molecular complexity index is 837. The molecule has 0 spiro atoms. The molecule has 1 heterocycles. The van der Waals surface area contributed by atoms with Gasteiger partial charge >= 0.3 is 5.63 Å². The van der Waals surface area contributed by atoms with Gasteiger partial charge in [0.2, 0.25) is 5.91 Å². The van der Waals surface area contributed by atoms with Crippen LogP contribution in [0, 0.1) is 0 Å². The van der Waals surface area contributed by atoms with E-state index in [1.165, 1.54) is 6.07 Å². The molecular weight excluding hydrogens is 310 g/mol. The number of fused-ring (bicyclic) bond motifs is 1. The number of amides is 1. The molecule has 1 aromatic heterocycles. The van der Waals surface area contributed by atoms with Gasteiger partial charge in [0.15, 0.2) is 0 Å². The summed E-state index contributed by atoms with van der Waals surface area (Å²) >= 11 is 0. The highest BCUT2D eigenvalue weighted by atomic mass is 16.4. The number of anilines is 1. The smallest absolute Gasteiger partial charge is 0.336 e. The Morgan fingerprint density at radius 3 is 2.88 bits per heavy atom. The van der Waals surface area contributed by atoms with Gasteiger partial charge < -0.3 is 14.6 Å². The first-order chi connectivity index (χ1) is 11.5. The molecular formula is C16H19N5O3. The lowest BCUT2D eigenvalue weighted by Crippen LogP contribution is -2.26. The van der Waals surface area contributed by atoms with Crippen LogP contribution in [0.3, 0.4) is 0 Å². The zero-order chi connectivity index (χ0) is 17.5. The van der Waals surface area contributed by atoms with Crippen LogP contribution in [0.4, 0.5) is 5.69 Å². The first kappa shape index (κ1) is 17.4. The number of nitrogens with zero attached hydrogens (tertiary/aromatic N) is 4. The van der Waals surface area contributed by atoms with Crippen molar-refractivity contribution >= 4 is 22.6 Å². The second-order valence-corrected chi connectivity index (χ2v) is 5.50. The number of nitrogens with one attached hydrogen (secondary N) is 1. The largest absolute Gasteiger partial charge is 0.423 e. The molecule has 0 saturated heterocycles. The summed E-state index contributed by atoms with van der Waals surface area (Å²) in [5.74, 6) is -0.195. The van der Waals surface area contributed by atoms with Crippen molar-refractivity contribution < 1.29 is 9.21 Å². The van der Waals surface area contributed by atoms with Crippen LogP contribution >= 0.6 is 0 Å². The lowest BCUT2D eigenvalue weighted by atomic mass is 10.1. The van der Waals surface area contributed by atoms with Crippen LogP contribution < -0.4 is 15.8 Å². The minimum Gasteiger partial charge on any atom is -0.423 e. The van der Waals surface area contributed by atoms with Crippen molar-refractivity contribution in [1.82, 2.24) is 5.32 Å². The SMILES string of the molecule is CN(C)c1ccc2c(CC(=O)NCCCN=[N+]=[N-])cc(=O)oc2c1. The topological polar surface area (TPSA) is 111 Å². The molecule has 0 aliphatic carbocycles. The summed E-state index contributed by atoms with van der Waals surface area (Å²) in [6, 6.07) is 6.87. The molecule has 8 heteroatoms. The predicted octanol–water partition coefficient (Wildman–Crippen LogP) is 2.22. The van der Waals surface area contributed by atoms with Crippen molar-refractivity contribution in [3.63, 3.8) is 0 Å². The maximum Gasteiger partial charge on any atom is 0.336 e. The summed E-state index contributed by atoms with van der Waals surface area (Å²) in [4.78, 5) is 28.3. The summed E-state index contributed by atoms with van der Waals surface area (Å²) in [5, 5.41) is 6.88. The molecule has 0 saturated carbocycles. The van der Waals surface area contributed by atoms with Crippen LogP contribution in [0.2, 0.25) is 0 Å². The summed E-state index contributed by atoms with van der Waals surface area (Å²) in [7, 11) is 3.79. The number of rotatable bonds is 7. The maximum atomic E-state index is 12.0. The molecule has 1 N–H and O–H groups in total. The Morgan fingerprint density at radius 2 is 2.17 bits per heavy atom. The summed E-state index contributed by atoms with van der Waals surface area (Å²) in [5.41, 5.74) is 9.69. The minimum atomic E-state index is -0.482. The second kappa shape index (κ2) is 8.03.